The SMILES string of the molecule is Cc1cc(N)cc(NC(C)C2CCCCC2)c1. The summed E-state index contributed by atoms with van der Waals surface area (Å²) in [5.41, 5.74) is 9.12. The minimum Gasteiger partial charge on any atom is -0.399 e. The lowest BCUT2D eigenvalue weighted by Crippen LogP contribution is -2.27. The van der Waals surface area contributed by atoms with E-state index < -0.39 is 0 Å². The summed E-state index contributed by atoms with van der Waals surface area (Å²) in [5, 5.41) is 3.61. The zero-order valence-corrected chi connectivity index (χ0v) is 11.0. The number of nitrogens with two attached hydrogens (primary N) is 1. The first-order valence-corrected chi connectivity index (χ1v) is 6.79. The molecule has 1 aliphatic rings. The molecule has 1 aromatic rings. The highest BCUT2D eigenvalue weighted by Crippen LogP contribution is 2.28. The Hall–Kier alpha value is -1.18. The smallest absolute Gasteiger partial charge is 0.0365 e. The first-order valence-electron chi connectivity index (χ1n) is 6.79. The number of aryl methyl sites for hydroxylation is 1. The number of anilines is 2. The average Bonchev–Trinajstić information content (AvgIpc) is 2.28. The topological polar surface area (TPSA) is 38.0 Å². The molecule has 1 unspecified atom stereocenters. The molecule has 1 aromatic carbocycles. The van der Waals surface area contributed by atoms with Gasteiger partial charge < -0.3 is 11.1 Å². The highest BCUT2D eigenvalue weighted by atomic mass is 14.9. The van der Waals surface area contributed by atoms with Gasteiger partial charge >= 0.3 is 0 Å². The second-order valence-electron chi connectivity index (χ2n) is 5.46. The Morgan fingerprint density at radius 3 is 2.53 bits per heavy atom. The van der Waals surface area contributed by atoms with Gasteiger partial charge in [0.1, 0.15) is 0 Å². The van der Waals surface area contributed by atoms with Gasteiger partial charge in [0.05, 0.1) is 0 Å². The third kappa shape index (κ3) is 3.39. The lowest BCUT2D eigenvalue weighted by atomic mass is 9.84. The van der Waals surface area contributed by atoms with Crippen LogP contribution in [0.5, 0.6) is 0 Å². The largest absolute Gasteiger partial charge is 0.399 e. The van der Waals surface area contributed by atoms with Crippen molar-refractivity contribution in [2.24, 2.45) is 5.92 Å². The van der Waals surface area contributed by atoms with E-state index in [9.17, 15) is 0 Å². The summed E-state index contributed by atoms with van der Waals surface area (Å²) in [6.45, 7) is 4.39. The molecule has 0 radical (unpaired) electrons. The van der Waals surface area contributed by atoms with Gasteiger partial charge in [0.15, 0.2) is 0 Å². The summed E-state index contributed by atoms with van der Waals surface area (Å²) in [5.74, 6) is 0.825. The maximum absolute atomic E-state index is 5.87. The molecule has 0 spiro atoms. The van der Waals surface area contributed by atoms with Crippen LogP contribution in [-0.2, 0) is 0 Å². The predicted molar refractivity (Wildman–Crippen MR) is 75.3 cm³/mol. The molecule has 1 atom stereocenters. The van der Waals surface area contributed by atoms with Gasteiger partial charge in [0.25, 0.3) is 0 Å². The van der Waals surface area contributed by atoms with Crippen molar-refractivity contribution in [3.63, 3.8) is 0 Å². The van der Waals surface area contributed by atoms with Crippen molar-refractivity contribution in [3.8, 4) is 0 Å². The maximum Gasteiger partial charge on any atom is 0.0365 e. The van der Waals surface area contributed by atoms with Crippen LogP contribution in [0, 0.1) is 12.8 Å². The molecule has 1 aliphatic carbocycles. The highest BCUT2D eigenvalue weighted by Gasteiger charge is 2.19. The minimum absolute atomic E-state index is 0.552. The number of nitrogens with one attached hydrogen (secondary N) is 1. The van der Waals surface area contributed by atoms with E-state index in [0.717, 1.165) is 11.6 Å². The van der Waals surface area contributed by atoms with Gasteiger partial charge in [0, 0.05) is 17.4 Å². The van der Waals surface area contributed by atoms with Crippen molar-refractivity contribution in [1.29, 1.82) is 0 Å². The molecule has 0 heterocycles. The van der Waals surface area contributed by atoms with Gasteiger partial charge in [-0.3, -0.25) is 0 Å². The molecule has 0 bridgehead atoms. The van der Waals surface area contributed by atoms with E-state index in [1.807, 2.05) is 12.1 Å². The van der Waals surface area contributed by atoms with Crippen LogP contribution in [0.15, 0.2) is 18.2 Å². The number of rotatable bonds is 3. The van der Waals surface area contributed by atoms with Crippen LogP contribution in [0.4, 0.5) is 11.4 Å². The fraction of sp³-hybridized carbons (Fsp3) is 0.600. The summed E-state index contributed by atoms with van der Waals surface area (Å²) < 4.78 is 0. The first kappa shape index (κ1) is 12.3. The molecule has 3 N–H and O–H groups in total. The van der Waals surface area contributed by atoms with E-state index in [0.29, 0.717) is 6.04 Å². The fourth-order valence-corrected chi connectivity index (χ4v) is 2.91. The second-order valence-corrected chi connectivity index (χ2v) is 5.46. The lowest BCUT2D eigenvalue weighted by Gasteiger charge is -2.29. The van der Waals surface area contributed by atoms with E-state index >= 15 is 0 Å². The van der Waals surface area contributed by atoms with Crippen molar-refractivity contribution in [3.05, 3.63) is 23.8 Å². The fourth-order valence-electron chi connectivity index (χ4n) is 2.91. The third-order valence-electron chi connectivity index (χ3n) is 3.85. The summed E-state index contributed by atoms with van der Waals surface area (Å²) in [6.07, 6.45) is 6.95. The van der Waals surface area contributed by atoms with Crippen molar-refractivity contribution < 1.29 is 0 Å². The Morgan fingerprint density at radius 2 is 1.88 bits per heavy atom. The third-order valence-corrected chi connectivity index (χ3v) is 3.85. The molecule has 2 heteroatoms. The van der Waals surface area contributed by atoms with Gasteiger partial charge in [-0.1, -0.05) is 19.3 Å². The number of hydrogen-bond acceptors (Lipinski definition) is 2. The molecule has 0 aromatic heterocycles. The predicted octanol–water partition coefficient (Wildman–Crippen LogP) is 3.96. The molecule has 0 saturated heterocycles. The molecular formula is C15H24N2. The van der Waals surface area contributed by atoms with Gasteiger partial charge in [-0.2, -0.15) is 0 Å². The molecule has 0 amide bonds. The van der Waals surface area contributed by atoms with Crippen molar-refractivity contribution >= 4 is 11.4 Å². The van der Waals surface area contributed by atoms with E-state index in [1.165, 1.54) is 43.4 Å². The Balaban J connectivity index is 1.99. The zero-order valence-electron chi connectivity index (χ0n) is 11.0. The van der Waals surface area contributed by atoms with Crippen molar-refractivity contribution in [1.82, 2.24) is 0 Å². The molecule has 1 fully saturated rings. The van der Waals surface area contributed by atoms with E-state index in [4.69, 9.17) is 5.73 Å². The maximum atomic E-state index is 5.87. The number of nitrogen functional groups attached to an aromatic ring is 1. The molecular weight excluding hydrogens is 208 g/mol. The monoisotopic (exact) mass is 232 g/mol. The summed E-state index contributed by atoms with van der Waals surface area (Å²) in [4.78, 5) is 0. The van der Waals surface area contributed by atoms with E-state index in [1.54, 1.807) is 0 Å². The normalized spacial score (nSPS) is 18.9. The second kappa shape index (κ2) is 5.44. The Labute approximate surface area is 105 Å². The van der Waals surface area contributed by atoms with Gasteiger partial charge in [-0.15, -0.1) is 0 Å². The van der Waals surface area contributed by atoms with E-state index in [-0.39, 0.29) is 0 Å². The number of hydrogen-bond donors (Lipinski definition) is 2. The van der Waals surface area contributed by atoms with Gasteiger partial charge in [-0.05, 0) is 56.4 Å². The zero-order chi connectivity index (χ0) is 12.3. The summed E-state index contributed by atoms with van der Waals surface area (Å²) >= 11 is 0. The van der Waals surface area contributed by atoms with Crippen LogP contribution in [0.2, 0.25) is 0 Å². The molecule has 2 rings (SSSR count). The Bertz CT molecular complexity index is 347. The van der Waals surface area contributed by atoms with Crippen LogP contribution < -0.4 is 11.1 Å². The molecule has 94 valence electrons. The highest BCUT2D eigenvalue weighted by molar-refractivity contribution is 5.57. The first-order chi connectivity index (χ1) is 8.15. The van der Waals surface area contributed by atoms with E-state index in [2.05, 4.69) is 25.2 Å². The standard InChI is InChI=1S/C15H24N2/c1-11-8-14(16)10-15(9-11)17-12(2)13-6-4-3-5-7-13/h8-10,12-13,17H,3-7,16H2,1-2H3. The Kier molecular flexibility index (Phi) is 3.93. The number of benzene rings is 1. The van der Waals surface area contributed by atoms with Crippen LogP contribution in [0.25, 0.3) is 0 Å². The van der Waals surface area contributed by atoms with Crippen LogP contribution in [0.1, 0.15) is 44.6 Å². The van der Waals surface area contributed by atoms with Crippen molar-refractivity contribution in [2.45, 2.75) is 52.0 Å². The van der Waals surface area contributed by atoms with Crippen LogP contribution in [0.3, 0.4) is 0 Å². The summed E-state index contributed by atoms with van der Waals surface area (Å²) in [7, 11) is 0. The van der Waals surface area contributed by atoms with Gasteiger partial charge in [0.2, 0.25) is 0 Å². The van der Waals surface area contributed by atoms with Crippen LogP contribution >= 0.6 is 0 Å². The molecule has 2 nitrogen and oxygen atoms in total. The lowest BCUT2D eigenvalue weighted by molar-refractivity contribution is 0.328. The van der Waals surface area contributed by atoms with Crippen LogP contribution in [-0.4, -0.2) is 6.04 Å². The molecule has 0 aliphatic heterocycles. The molecule has 1 saturated carbocycles. The Morgan fingerprint density at radius 1 is 1.18 bits per heavy atom. The quantitative estimate of drug-likeness (QED) is 0.774. The van der Waals surface area contributed by atoms with Crippen molar-refractivity contribution in [2.75, 3.05) is 11.1 Å². The average molecular weight is 232 g/mol. The molecule has 17 heavy (non-hydrogen) atoms. The minimum atomic E-state index is 0.552. The summed E-state index contributed by atoms with van der Waals surface area (Å²) in [6, 6.07) is 6.77. The van der Waals surface area contributed by atoms with Gasteiger partial charge in [-0.25, -0.2) is 0 Å².